The van der Waals surface area contributed by atoms with E-state index >= 15 is 0 Å². The van der Waals surface area contributed by atoms with Crippen LogP contribution in [-0.4, -0.2) is 76.0 Å². The minimum Gasteiger partial charge on any atom is -0.744 e. The van der Waals surface area contributed by atoms with Gasteiger partial charge in [-0.2, -0.15) is 0 Å². The van der Waals surface area contributed by atoms with Gasteiger partial charge in [0.2, 0.25) is 0 Å². The fraction of sp³-hybridized carbons (Fsp3) is 0.700. The molecule has 0 spiro atoms. The fourth-order valence-corrected chi connectivity index (χ4v) is 7.98. The van der Waals surface area contributed by atoms with E-state index < -0.39 is 20.2 Å². The zero-order chi connectivity index (χ0) is 37.7. The van der Waals surface area contributed by atoms with Crippen LogP contribution in [0.4, 0.5) is 22.7 Å². The number of hydrogen-bond acceptors (Lipinski definition) is 10. The quantitative estimate of drug-likeness (QED) is 0.0409. The molecule has 2 atom stereocenters. The number of rotatable bonds is 26. The molecule has 4 N–H and O–H groups in total. The maximum Gasteiger partial charge on any atom is 2.00 e. The van der Waals surface area contributed by atoms with Crippen LogP contribution in [0.2, 0.25) is 0 Å². The first-order chi connectivity index (χ1) is 25.0. The van der Waals surface area contributed by atoms with Gasteiger partial charge in [0.15, 0.2) is 0 Å². The van der Waals surface area contributed by atoms with Crippen molar-refractivity contribution in [2.75, 3.05) is 21.3 Å². The molecule has 2 heterocycles. The summed E-state index contributed by atoms with van der Waals surface area (Å²) in [6.07, 6.45) is 31.3. The minimum absolute atomic E-state index is 0. The average molecular weight is 803 g/mol. The molecule has 0 saturated carbocycles. The summed E-state index contributed by atoms with van der Waals surface area (Å²) in [5.74, 6) is 0. The van der Waals surface area contributed by atoms with Crippen molar-refractivity contribution >= 4 is 80.7 Å². The Morgan fingerprint density at radius 2 is 0.698 bits per heavy atom. The largest absolute Gasteiger partial charge is 2.00 e. The molecule has 0 radical (unpaired) electrons. The number of benzene rings is 2. The van der Waals surface area contributed by atoms with E-state index in [2.05, 4.69) is 35.1 Å². The third-order valence-corrected chi connectivity index (χ3v) is 11.7. The molecule has 0 aromatic heterocycles. The smallest absolute Gasteiger partial charge is 0.744 e. The van der Waals surface area contributed by atoms with Gasteiger partial charge in [0.1, 0.15) is 20.2 Å². The van der Waals surface area contributed by atoms with Crippen LogP contribution >= 0.6 is 0 Å². The Morgan fingerprint density at radius 3 is 0.981 bits per heavy atom. The molecule has 2 aromatic carbocycles. The second-order valence-electron chi connectivity index (χ2n) is 14.7. The van der Waals surface area contributed by atoms with Crippen LogP contribution in [0.3, 0.4) is 0 Å². The van der Waals surface area contributed by atoms with Crippen LogP contribution in [0.15, 0.2) is 46.2 Å². The summed E-state index contributed by atoms with van der Waals surface area (Å²) in [7, 11) is -8.80. The SMILES string of the molecule is CCCCCCCCCCCCCC1Nc2ccc(S(=O)(=O)[O-])cc2N1.CCCCCCCCCCCCCC1Nc2ccc(S(=O)(=O)[O-])cc2N1.[Ca+2]. The van der Waals surface area contributed by atoms with Crippen LogP contribution in [0.1, 0.15) is 168 Å². The molecule has 296 valence electrons. The molecular formula is C40H66CaN4O6S2. The second kappa shape index (κ2) is 26.6. The first-order valence-corrected chi connectivity index (χ1v) is 23.1. The molecule has 2 aliphatic rings. The van der Waals surface area contributed by atoms with Gasteiger partial charge >= 0.3 is 37.7 Å². The third kappa shape index (κ3) is 19.4. The average Bonchev–Trinajstić information content (AvgIpc) is 3.71. The van der Waals surface area contributed by atoms with Crippen molar-refractivity contribution in [3.05, 3.63) is 36.4 Å². The van der Waals surface area contributed by atoms with Gasteiger partial charge in [-0.1, -0.05) is 142 Å². The summed E-state index contributed by atoms with van der Waals surface area (Å²) in [6, 6.07) is 8.89. The Labute approximate surface area is 351 Å². The van der Waals surface area contributed by atoms with Crippen LogP contribution in [-0.2, 0) is 20.2 Å². The predicted molar refractivity (Wildman–Crippen MR) is 219 cm³/mol. The maximum atomic E-state index is 11.1. The summed E-state index contributed by atoms with van der Waals surface area (Å²) >= 11 is 0. The van der Waals surface area contributed by atoms with Gasteiger partial charge < -0.3 is 30.4 Å². The van der Waals surface area contributed by atoms with Gasteiger partial charge in [-0.25, -0.2) is 16.8 Å². The van der Waals surface area contributed by atoms with Crippen molar-refractivity contribution in [3.63, 3.8) is 0 Å². The van der Waals surface area contributed by atoms with E-state index in [1.165, 1.54) is 153 Å². The van der Waals surface area contributed by atoms with Gasteiger partial charge in [0.05, 0.1) is 44.9 Å². The summed E-state index contributed by atoms with van der Waals surface area (Å²) < 4.78 is 66.6. The molecule has 10 nitrogen and oxygen atoms in total. The molecule has 2 aliphatic heterocycles. The monoisotopic (exact) mass is 802 g/mol. The van der Waals surface area contributed by atoms with E-state index in [1.807, 2.05) is 0 Å². The Kier molecular flexibility index (Phi) is 24.0. The molecule has 2 aromatic rings. The van der Waals surface area contributed by atoms with E-state index in [0.717, 1.165) is 37.1 Å². The Balaban J connectivity index is 0.000000360. The van der Waals surface area contributed by atoms with E-state index in [4.69, 9.17) is 0 Å². The van der Waals surface area contributed by atoms with Crippen molar-refractivity contribution in [2.24, 2.45) is 0 Å². The number of hydrogen-bond donors (Lipinski definition) is 4. The van der Waals surface area contributed by atoms with Crippen LogP contribution < -0.4 is 21.3 Å². The fourth-order valence-electron chi connectivity index (χ4n) is 6.99. The second-order valence-corrected chi connectivity index (χ2v) is 17.4. The van der Waals surface area contributed by atoms with E-state index in [0.29, 0.717) is 11.4 Å². The zero-order valence-corrected chi connectivity index (χ0v) is 36.4. The molecule has 2 unspecified atom stereocenters. The molecule has 0 amide bonds. The predicted octanol–water partition coefficient (Wildman–Crippen LogP) is 10.5. The van der Waals surface area contributed by atoms with Crippen LogP contribution in [0.5, 0.6) is 0 Å². The first-order valence-electron chi connectivity index (χ1n) is 20.3. The molecule has 4 rings (SSSR count). The van der Waals surface area contributed by atoms with Crippen LogP contribution in [0.25, 0.3) is 0 Å². The molecule has 0 saturated heterocycles. The maximum absolute atomic E-state index is 11.1. The van der Waals surface area contributed by atoms with E-state index in [9.17, 15) is 25.9 Å². The van der Waals surface area contributed by atoms with Gasteiger partial charge in [-0.05, 0) is 62.1 Å². The number of anilines is 4. The molecule has 53 heavy (non-hydrogen) atoms. The van der Waals surface area contributed by atoms with Gasteiger partial charge in [0, 0.05) is 0 Å². The van der Waals surface area contributed by atoms with Crippen molar-refractivity contribution in [1.29, 1.82) is 0 Å². The molecule has 0 bridgehead atoms. The van der Waals surface area contributed by atoms with Crippen molar-refractivity contribution in [2.45, 2.75) is 190 Å². The first kappa shape index (κ1) is 47.9. The summed E-state index contributed by atoms with van der Waals surface area (Å²) in [6.45, 7) is 4.51. The third-order valence-electron chi connectivity index (χ3n) is 10.1. The minimum atomic E-state index is -4.40. The summed E-state index contributed by atoms with van der Waals surface area (Å²) in [4.78, 5) is -0.359. The molecule has 0 aliphatic carbocycles. The Morgan fingerprint density at radius 1 is 0.434 bits per heavy atom. The zero-order valence-electron chi connectivity index (χ0n) is 32.6. The number of fused-ring (bicyclic) bond motifs is 2. The topological polar surface area (TPSA) is 163 Å². The van der Waals surface area contributed by atoms with Gasteiger partial charge in [-0.15, -0.1) is 0 Å². The molecule has 0 fully saturated rings. The van der Waals surface area contributed by atoms with Crippen molar-refractivity contribution in [1.82, 2.24) is 0 Å². The number of unbranched alkanes of at least 4 members (excludes halogenated alkanes) is 20. The van der Waals surface area contributed by atoms with E-state index in [-0.39, 0.29) is 59.9 Å². The summed E-state index contributed by atoms with van der Waals surface area (Å²) in [5, 5.41) is 13.2. The standard InChI is InChI=1S/2C20H34N2O3S.Ca/c2*1-2-3-4-5-6-7-8-9-10-11-12-13-20-21-18-15-14-17(26(23,24)25)16-19(18)22-20;/h2*14-16,20-22H,2-13H2,1H3,(H,23,24,25);/q;;+2/p-2. The van der Waals surface area contributed by atoms with Gasteiger partial charge in [0.25, 0.3) is 0 Å². The summed E-state index contributed by atoms with van der Waals surface area (Å²) in [5.41, 5.74) is 3.14. The Hall–Kier alpha value is -1.28. The van der Waals surface area contributed by atoms with Crippen LogP contribution in [0, 0.1) is 0 Å². The van der Waals surface area contributed by atoms with Gasteiger partial charge in [-0.3, -0.25) is 0 Å². The Bertz CT molecular complexity index is 1410. The van der Waals surface area contributed by atoms with E-state index in [1.54, 1.807) is 12.1 Å². The number of nitrogens with one attached hydrogen (secondary N) is 4. The molecule has 13 heteroatoms. The molecular weight excluding hydrogens is 737 g/mol. The normalized spacial score (nSPS) is 15.8. The van der Waals surface area contributed by atoms with Crippen molar-refractivity contribution < 1.29 is 25.9 Å². The van der Waals surface area contributed by atoms with Crippen molar-refractivity contribution in [3.8, 4) is 0 Å².